The summed E-state index contributed by atoms with van der Waals surface area (Å²) >= 11 is 0. The molecule has 0 aromatic carbocycles. The van der Waals surface area contributed by atoms with Gasteiger partial charge < -0.3 is 5.73 Å². The Morgan fingerprint density at radius 2 is 2.17 bits per heavy atom. The average molecular weight is 274 g/mol. The number of hydrogen-bond donors (Lipinski definition) is 2. The molecule has 1 aromatic heterocycles. The van der Waals surface area contributed by atoms with E-state index in [-0.39, 0.29) is 4.90 Å². The average Bonchev–Trinajstić information content (AvgIpc) is 2.74. The Hall–Kier alpha value is -0.920. The standard InChI is InChI=1S/C11H22N4O2S/c1-4-11(2,3)14-18(16,17)10-8-13-15(9-10)7-5-6-12/h8-9,14H,4-7,12H2,1-3H3. The maximum absolute atomic E-state index is 12.1. The van der Waals surface area contributed by atoms with Gasteiger partial charge in [-0.25, -0.2) is 13.1 Å². The highest BCUT2D eigenvalue weighted by atomic mass is 32.2. The van der Waals surface area contributed by atoms with Crippen LogP contribution in [0.25, 0.3) is 0 Å². The molecule has 0 amide bonds. The topological polar surface area (TPSA) is 90.0 Å². The van der Waals surface area contributed by atoms with Crippen LogP contribution in [0, 0.1) is 0 Å². The summed E-state index contributed by atoms with van der Waals surface area (Å²) in [7, 11) is -3.50. The van der Waals surface area contributed by atoms with Gasteiger partial charge in [-0.05, 0) is 33.2 Å². The first-order valence-electron chi connectivity index (χ1n) is 6.07. The fourth-order valence-corrected chi connectivity index (χ4v) is 2.79. The summed E-state index contributed by atoms with van der Waals surface area (Å²) in [5.41, 5.74) is 4.94. The van der Waals surface area contributed by atoms with Crippen molar-refractivity contribution >= 4 is 10.0 Å². The van der Waals surface area contributed by atoms with Gasteiger partial charge in [0.2, 0.25) is 10.0 Å². The maximum atomic E-state index is 12.1. The Balaban J connectivity index is 2.82. The van der Waals surface area contributed by atoms with Gasteiger partial charge in [-0.2, -0.15) is 5.10 Å². The first kappa shape index (κ1) is 15.1. The fourth-order valence-electron chi connectivity index (χ4n) is 1.35. The Morgan fingerprint density at radius 1 is 1.50 bits per heavy atom. The van der Waals surface area contributed by atoms with Gasteiger partial charge in [0.15, 0.2) is 0 Å². The molecule has 18 heavy (non-hydrogen) atoms. The van der Waals surface area contributed by atoms with E-state index in [1.54, 1.807) is 4.68 Å². The van der Waals surface area contributed by atoms with Crippen LogP contribution in [0.2, 0.25) is 0 Å². The molecule has 0 aliphatic rings. The van der Waals surface area contributed by atoms with Crippen LogP contribution in [-0.4, -0.2) is 30.3 Å². The van der Waals surface area contributed by atoms with E-state index in [4.69, 9.17) is 5.73 Å². The molecule has 1 aromatic rings. The Bertz CT molecular complexity index is 479. The maximum Gasteiger partial charge on any atom is 0.244 e. The summed E-state index contributed by atoms with van der Waals surface area (Å²) in [4.78, 5) is 0.195. The zero-order valence-electron chi connectivity index (χ0n) is 11.2. The van der Waals surface area contributed by atoms with Crippen LogP contribution in [0.15, 0.2) is 17.3 Å². The van der Waals surface area contributed by atoms with Crippen LogP contribution in [0.1, 0.15) is 33.6 Å². The van der Waals surface area contributed by atoms with Gasteiger partial charge >= 0.3 is 0 Å². The van der Waals surface area contributed by atoms with Crippen molar-refractivity contribution in [3.8, 4) is 0 Å². The molecule has 0 aliphatic heterocycles. The Morgan fingerprint density at radius 3 is 2.72 bits per heavy atom. The molecule has 7 heteroatoms. The van der Waals surface area contributed by atoms with E-state index >= 15 is 0 Å². The summed E-state index contributed by atoms with van der Waals surface area (Å²) in [5.74, 6) is 0. The monoisotopic (exact) mass is 274 g/mol. The molecule has 0 radical (unpaired) electrons. The first-order chi connectivity index (χ1) is 8.30. The van der Waals surface area contributed by atoms with Crippen LogP contribution in [0.3, 0.4) is 0 Å². The Kier molecular flexibility index (Phi) is 4.89. The van der Waals surface area contributed by atoms with E-state index in [1.807, 2.05) is 20.8 Å². The van der Waals surface area contributed by atoms with E-state index in [1.165, 1.54) is 12.4 Å². The summed E-state index contributed by atoms with van der Waals surface area (Å²) in [6.07, 6.45) is 4.39. The third-order valence-corrected chi connectivity index (χ3v) is 4.46. The molecule has 0 spiro atoms. The molecule has 0 saturated heterocycles. The molecule has 0 bridgehead atoms. The Labute approximate surface area is 109 Å². The second-order valence-corrected chi connectivity index (χ2v) is 6.61. The van der Waals surface area contributed by atoms with E-state index < -0.39 is 15.6 Å². The highest BCUT2D eigenvalue weighted by Gasteiger charge is 2.25. The van der Waals surface area contributed by atoms with Crippen LogP contribution < -0.4 is 10.5 Å². The molecule has 3 N–H and O–H groups in total. The van der Waals surface area contributed by atoms with E-state index in [9.17, 15) is 8.42 Å². The van der Waals surface area contributed by atoms with Gasteiger partial charge in [-0.15, -0.1) is 0 Å². The minimum atomic E-state index is -3.50. The van der Waals surface area contributed by atoms with Crippen molar-refractivity contribution in [2.24, 2.45) is 5.73 Å². The third kappa shape index (κ3) is 4.08. The number of hydrogen-bond acceptors (Lipinski definition) is 4. The molecule has 104 valence electrons. The molecule has 0 aliphatic carbocycles. The lowest BCUT2D eigenvalue weighted by Gasteiger charge is -2.23. The quantitative estimate of drug-likeness (QED) is 0.766. The number of sulfonamides is 1. The molecule has 1 heterocycles. The summed E-state index contributed by atoms with van der Waals surface area (Å²) in [6, 6.07) is 0. The van der Waals surface area contributed by atoms with Crippen LogP contribution in [-0.2, 0) is 16.6 Å². The summed E-state index contributed by atoms with van der Waals surface area (Å²) < 4.78 is 28.5. The van der Waals surface area contributed by atoms with Gasteiger partial charge in [0, 0.05) is 18.3 Å². The first-order valence-corrected chi connectivity index (χ1v) is 7.55. The minimum absolute atomic E-state index is 0.195. The molecule has 0 atom stereocenters. The summed E-state index contributed by atoms with van der Waals surface area (Å²) in [5, 5.41) is 4.02. The lowest BCUT2D eigenvalue weighted by atomic mass is 10.0. The van der Waals surface area contributed by atoms with Gasteiger partial charge in [-0.3, -0.25) is 4.68 Å². The van der Waals surface area contributed by atoms with Gasteiger partial charge in [0.25, 0.3) is 0 Å². The molecule has 6 nitrogen and oxygen atoms in total. The largest absolute Gasteiger partial charge is 0.330 e. The number of nitrogens with zero attached hydrogens (tertiary/aromatic N) is 2. The molecule has 1 rings (SSSR count). The number of rotatable bonds is 7. The van der Waals surface area contributed by atoms with Crippen LogP contribution in [0.4, 0.5) is 0 Å². The van der Waals surface area contributed by atoms with Gasteiger partial charge in [-0.1, -0.05) is 6.92 Å². The van der Waals surface area contributed by atoms with Crippen LogP contribution >= 0.6 is 0 Å². The lowest BCUT2D eigenvalue weighted by Crippen LogP contribution is -2.42. The van der Waals surface area contributed by atoms with Crippen molar-refractivity contribution in [1.82, 2.24) is 14.5 Å². The van der Waals surface area contributed by atoms with Crippen molar-refractivity contribution in [2.45, 2.75) is 50.6 Å². The molecule has 0 fully saturated rings. The van der Waals surface area contributed by atoms with Crippen LogP contribution in [0.5, 0.6) is 0 Å². The van der Waals surface area contributed by atoms with E-state index in [2.05, 4.69) is 9.82 Å². The van der Waals surface area contributed by atoms with Crippen molar-refractivity contribution in [3.05, 3.63) is 12.4 Å². The highest BCUT2D eigenvalue weighted by Crippen LogP contribution is 2.14. The number of nitrogens with one attached hydrogen (secondary N) is 1. The number of nitrogens with two attached hydrogens (primary N) is 1. The molecular formula is C11H22N4O2S. The predicted octanol–water partition coefficient (Wildman–Crippen LogP) is 0.699. The molecular weight excluding hydrogens is 252 g/mol. The second kappa shape index (κ2) is 5.81. The normalized spacial score (nSPS) is 12.9. The number of aromatic nitrogens is 2. The van der Waals surface area contributed by atoms with Gasteiger partial charge in [0.1, 0.15) is 4.90 Å². The van der Waals surface area contributed by atoms with E-state index in [0.717, 1.165) is 6.42 Å². The van der Waals surface area contributed by atoms with Crippen molar-refractivity contribution in [2.75, 3.05) is 6.54 Å². The molecule has 0 unspecified atom stereocenters. The van der Waals surface area contributed by atoms with E-state index in [0.29, 0.717) is 19.5 Å². The number of aryl methyl sites for hydroxylation is 1. The van der Waals surface area contributed by atoms with Crippen molar-refractivity contribution in [3.63, 3.8) is 0 Å². The zero-order valence-corrected chi connectivity index (χ0v) is 12.0. The molecule has 0 saturated carbocycles. The SMILES string of the molecule is CCC(C)(C)NS(=O)(=O)c1cnn(CCCN)c1. The second-order valence-electron chi connectivity index (χ2n) is 4.92. The fraction of sp³-hybridized carbons (Fsp3) is 0.727. The third-order valence-electron chi connectivity index (χ3n) is 2.81. The van der Waals surface area contributed by atoms with Crippen molar-refractivity contribution < 1.29 is 8.42 Å². The minimum Gasteiger partial charge on any atom is -0.330 e. The zero-order chi connectivity index (χ0) is 13.8. The van der Waals surface area contributed by atoms with Gasteiger partial charge in [0.05, 0.1) is 6.20 Å². The smallest absolute Gasteiger partial charge is 0.244 e. The lowest BCUT2D eigenvalue weighted by molar-refractivity contribution is 0.439. The highest BCUT2D eigenvalue weighted by molar-refractivity contribution is 7.89. The summed E-state index contributed by atoms with van der Waals surface area (Å²) in [6.45, 7) is 6.83. The van der Waals surface area contributed by atoms with Crippen molar-refractivity contribution in [1.29, 1.82) is 0 Å². The predicted molar refractivity (Wildman–Crippen MR) is 70.6 cm³/mol.